The van der Waals surface area contributed by atoms with E-state index in [9.17, 15) is 19.2 Å². The molecule has 0 saturated carbocycles. The second-order valence-electron chi connectivity index (χ2n) is 9.06. The van der Waals surface area contributed by atoms with E-state index in [1.54, 1.807) is 19.1 Å². The van der Waals surface area contributed by atoms with Crippen LogP contribution in [-0.4, -0.2) is 53.8 Å². The first-order chi connectivity index (χ1) is 16.4. The Morgan fingerprint density at radius 2 is 1.76 bits per heavy atom. The van der Waals surface area contributed by atoms with E-state index in [1.165, 1.54) is 4.90 Å². The lowest BCUT2D eigenvalue weighted by Gasteiger charge is -2.45. The lowest BCUT2D eigenvalue weighted by atomic mass is 9.76. The van der Waals surface area contributed by atoms with Crippen molar-refractivity contribution in [1.82, 2.24) is 10.2 Å². The number of fused-ring (bicyclic) bond motifs is 3. The van der Waals surface area contributed by atoms with Crippen LogP contribution < -0.4 is 10.2 Å². The van der Waals surface area contributed by atoms with Gasteiger partial charge in [0.05, 0.1) is 30.6 Å². The van der Waals surface area contributed by atoms with Gasteiger partial charge < -0.3 is 10.1 Å². The molecule has 1 N–H and O–H groups in total. The summed E-state index contributed by atoms with van der Waals surface area (Å²) in [7, 11) is 0. The summed E-state index contributed by atoms with van der Waals surface area (Å²) in [4.78, 5) is 57.3. The normalized spacial score (nSPS) is 28.5. The summed E-state index contributed by atoms with van der Waals surface area (Å²) >= 11 is 0. The number of imide groups is 1. The van der Waals surface area contributed by atoms with Crippen LogP contribution in [0.3, 0.4) is 0 Å². The van der Waals surface area contributed by atoms with Crippen LogP contribution in [0.15, 0.2) is 54.6 Å². The predicted molar refractivity (Wildman–Crippen MR) is 124 cm³/mol. The van der Waals surface area contributed by atoms with E-state index in [4.69, 9.17) is 4.74 Å². The monoisotopic (exact) mass is 461 g/mol. The molecule has 0 bridgehead atoms. The third-order valence-electron chi connectivity index (χ3n) is 7.24. The van der Waals surface area contributed by atoms with Gasteiger partial charge in [-0.15, -0.1) is 0 Å². The molecule has 0 aromatic heterocycles. The van der Waals surface area contributed by atoms with Gasteiger partial charge in [0.15, 0.2) is 0 Å². The second-order valence-corrected chi connectivity index (χ2v) is 9.06. The van der Waals surface area contributed by atoms with Crippen LogP contribution in [0.1, 0.15) is 30.5 Å². The highest BCUT2D eigenvalue weighted by atomic mass is 16.5. The van der Waals surface area contributed by atoms with Crippen LogP contribution in [0.5, 0.6) is 0 Å². The van der Waals surface area contributed by atoms with Crippen molar-refractivity contribution < 1.29 is 23.9 Å². The Morgan fingerprint density at radius 1 is 1.06 bits per heavy atom. The number of anilines is 1. The Morgan fingerprint density at radius 3 is 2.44 bits per heavy atom. The predicted octanol–water partition coefficient (Wildman–Crippen LogP) is 1.98. The van der Waals surface area contributed by atoms with Gasteiger partial charge >= 0.3 is 5.97 Å². The molecule has 3 fully saturated rings. The topological polar surface area (TPSA) is 96.0 Å². The van der Waals surface area contributed by atoms with Crippen LogP contribution in [0.4, 0.5) is 5.69 Å². The van der Waals surface area contributed by atoms with Gasteiger partial charge in [-0.1, -0.05) is 48.0 Å². The number of hydrogen-bond acceptors (Lipinski definition) is 6. The first-order valence-electron chi connectivity index (χ1n) is 11.6. The van der Waals surface area contributed by atoms with E-state index in [0.29, 0.717) is 18.8 Å². The number of aryl methyl sites for hydroxylation is 1. The van der Waals surface area contributed by atoms with Crippen molar-refractivity contribution in [3.63, 3.8) is 0 Å². The fourth-order valence-electron chi connectivity index (χ4n) is 5.90. The number of carbonyl (C=O) groups is 4. The van der Waals surface area contributed by atoms with Gasteiger partial charge in [-0.05, 0) is 31.5 Å². The number of benzene rings is 2. The van der Waals surface area contributed by atoms with Gasteiger partial charge in [0.25, 0.3) is 0 Å². The number of carbonyl (C=O) groups excluding carboxylic acids is 4. The highest BCUT2D eigenvalue weighted by molar-refractivity contribution is 6.24. The zero-order valence-corrected chi connectivity index (χ0v) is 19.2. The molecule has 0 unspecified atom stereocenters. The summed E-state index contributed by atoms with van der Waals surface area (Å²) in [5.74, 6) is -3.58. The zero-order valence-electron chi connectivity index (χ0n) is 19.2. The number of nitrogens with zero attached hydrogens (tertiary/aromatic N) is 2. The van der Waals surface area contributed by atoms with E-state index in [2.05, 4.69) is 5.32 Å². The minimum atomic E-state index is -1.50. The number of rotatable bonds is 5. The molecule has 0 spiro atoms. The molecule has 3 aliphatic heterocycles. The fourth-order valence-corrected chi connectivity index (χ4v) is 5.90. The van der Waals surface area contributed by atoms with Gasteiger partial charge in [0, 0.05) is 19.1 Å². The van der Waals surface area contributed by atoms with Crippen molar-refractivity contribution in [2.24, 2.45) is 11.8 Å². The maximum absolute atomic E-state index is 14.0. The molecule has 34 heavy (non-hydrogen) atoms. The van der Waals surface area contributed by atoms with Gasteiger partial charge in [-0.2, -0.15) is 0 Å². The molecule has 8 nitrogen and oxygen atoms in total. The van der Waals surface area contributed by atoms with Gasteiger partial charge in [0.1, 0.15) is 5.54 Å². The Hall–Kier alpha value is -3.52. The van der Waals surface area contributed by atoms with Crippen molar-refractivity contribution in [3.05, 3.63) is 65.7 Å². The average molecular weight is 462 g/mol. The lowest BCUT2D eigenvalue weighted by Crippen LogP contribution is -2.67. The van der Waals surface area contributed by atoms with E-state index in [0.717, 1.165) is 11.1 Å². The molecule has 3 saturated heterocycles. The molecule has 5 rings (SSSR count). The number of nitrogens with one attached hydrogen (secondary N) is 1. The Bertz CT molecular complexity index is 1150. The first-order valence-corrected chi connectivity index (χ1v) is 11.6. The highest BCUT2D eigenvalue weighted by Gasteiger charge is 2.73. The molecule has 3 heterocycles. The maximum atomic E-state index is 14.0. The number of amides is 3. The number of esters is 1. The molecule has 2 aromatic rings. The van der Waals surface area contributed by atoms with Crippen molar-refractivity contribution in [3.8, 4) is 0 Å². The molecule has 0 aliphatic carbocycles. The largest absolute Gasteiger partial charge is 0.466 e. The third kappa shape index (κ3) is 3.16. The minimum Gasteiger partial charge on any atom is -0.466 e. The highest BCUT2D eigenvalue weighted by Crippen LogP contribution is 2.57. The van der Waals surface area contributed by atoms with Crippen LogP contribution in [0.25, 0.3) is 0 Å². The molecular weight excluding hydrogens is 434 g/mol. The molecule has 3 amide bonds. The number of ether oxygens (including phenoxy) is 1. The average Bonchev–Trinajstić information content (AvgIpc) is 3.26. The van der Waals surface area contributed by atoms with E-state index >= 15 is 0 Å². The van der Waals surface area contributed by atoms with Gasteiger partial charge in [0.2, 0.25) is 17.7 Å². The van der Waals surface area contributed by atoms with E-state index < -0.39 is 41.2 Å². The lowest BCUT2D eigenvalue weighted by molar-refractivity contribution is -0.156. The van der Waals surface area contributed by atoms with Crippen LogP contribution in [0, 0.1) is 18.8 Å². The van der Waals surface area contributed by atoms with Crippen molar-refractivity contribution in [2.75, 3.05) is 24.6 Å². The molecular formula is C26H27N3O5. The SMILES string of the molecule is CCOC(=O)C[C@]12C(=O)NCCN1[C@H](c1ccccc1)[C@@H]1C(=O)N(c3ccc(C)cc3)C(=O)[C@@H]12. The fraction of sp³-hybridized carbons (Fsp3) is 0.385. The summed E-state index contributed by atoms with van der Waals surface area (Å²) in [5.41, 5.74) is 0.810. The van der Waals surface area contributed by atoms with Gasteiger partial charge in [-0.3, -0.25) is 24.1 Å². The molecule has 3 aliphatic rings. The summed E-state index contributed by atoms with van der Waals surface area (Å²) in [6.07, 6.45) is -0.294. The minimum absolute atomic E-state index is 0.162. The van der Waals surface area contributed by atoms with Crippen molar-refractivity contribution in [2.45, 2.75) is 31.8 Å². The summed E-state index contributed by atoms with van der Waals surface area (Å²) in [6.45, 7) is 4.58. The van der Waals surface area contributed by atoms with E-state index in [1.807, 2.05) is 54.3 Å². The van der Waals surface area contributed by atoms with Crippen LogP contribution in [-0.2, 0) is 23.9 Å². The quantitative estimate of drug-likeness (QED) is 0.540. The maximum Gasteiger partial charge on any atom is 0.308 e. The second kappa shape index (κ2) is 8.36. The number of piperazine rings is 1. The molecule has 2 aromatic carbocycles. The third-order valence-corrected chi connectivity index (χ3v) is 7.24. The smallest absolute Gasteiger partial charge is 0.308 e. The standard InChI is InChI=1S/C26H27N3O5/c1-3-34-19(30)15-26-21-20(23(31)29(24(21)32)18-11-9-16(2)10-12-18)22(17-7-5-4-6-8-17)28(26)14-13-27-25(26)33/h4-12,20-22H,3,13-15H2,1-2H3,(H,27,33)/t20-,21-,22-,26+/m1/s1. The summed E-state index contributed by atoms with van der Waals surface area (Å²) < 4.78 is 5.22. The molecule has 0 radical (unpaired) electrons. The molecule has 176 valence electrons. The van der Waals surface area contributed by atoms with E-state index in [-0.39, 0.29) is 18.9 Å². The van der Waals surface area contributed by atoms with Crippen molar-refractivity contribution >= 4 is 29.4 Å². The Kier molecular flexibility index (Phi) is 5.48. The summed E-state index contributed by atoms with van der Waals surface area (Å²) in [5, 5.41) is 2.85. The zero-order chi connectivity index (χ0) is 24.0. The Balaban J connectivity index is 1.68. The molecule has 8 heteroatoms. The summed E-state index contributed by atoms with van der Waals surface area (Å²) in [6, 6.07) is 16.1. The van der Waals surface area contributed by atoms with Crippen LogP contribution >= 0.6 is 0 Å². The molecule has 4 atom stereocenters. The Labute approximate surface area is 197 Å². The first kappa shape index (κ1) is 22.3. The van der Waals surface area contributed by atoms with Crippen LogP contribution in [0.2, 0.25) is 0 Å². The van der Waals surface area contributed by atoms with Crippen molar-refractivity contribution in [1.29, 1.82) is 0 Å². The number of hydrogen-bond donors (Lipinski definition) is 1. The van der Waals surface area contributed by atoms with Gasteiger partial charge in [-0.25, -0.2) is 4.90 Å².